The second-order valence-electron chi connectivity index (χ2n) is 7.99. The summed E-state index contributed by atoms with van der Waals surface area (Å²) >= 11 is 0. The number of sulfone groups is 1. The second-order valence-corrected chi connectivity index (χ2v) is 9.91. The lowest BCUT2D eigenvalue weighted by Gasteiger charge is -2.23. The van der Waals surface area contributed by atoms with Crippen molar-refractivity contribution < 1.29 is 37.3 Å². The highest BCUT2D eigenvalue weighted by Crippen LogP contribution is 2.37. The minimum Gasteiger partial charge on any atom is -0.507 e. The van der Waals surface area contributed by atoms with Crippen molar-refractivity contribution in [3.63, 3.8) is 0 Å². The van der Waals surface area contributed by atoms with Crippen LogP contribution in [0.1, 0.15) is 25.0 Å². The van der Waals surface area contributed by atoms with Gasteiger partial charge in [-0.1, -0.05) is 0 Å². The predicted octanol–water partition coefficient (Wildman–Crippen LogP) is 5.02. The molecule has 0 fully saturated rings. The zero-order valence-electron chi connectivity index (χ0n) is 18.4. The number of aromatic hydroxyl groups is 1. The van der Waals surface area contributed by atoms with E-state index in [1.807, 2.05) is 0 Å². The molecule has 3 aromatic carbocycles. The fourth-order valence-electron chi connectivity index (χ4n) is 3.10. The molecule has 0 heterocycles. The van der Waals surface area contributed by atoms with Crippen LogP contribution in [-0.4, -0.2) is 30.2 Å². The molecule has 0 saturated carbocycles. The molecule has 0 aromatic heterocycles. The first-order valence-electron chi connectivity index (χ1n) is 9.86. The Morgan fingerprint density at radius 2 is 1.52 bits per heavy atom. The van der Waals surface area contributed by atoms with Crippen LogP contribution in [0.4, 0.5) is 4.39 Å². The zero-order valence-corrected chi connectivity index (χ0v) is 19.2. The molecule has 0 unspecified atom stereocenters. The fraction of sp³-hybridized carbons (Fsp3) is 0.208. The van der Waals surface area contributed by atoms with Gasteiger partial charge in [0.1, 0.15) is 33.7 Å². The number of ether oxygens (including phenoxy) is 2. The van der Waals surface area contributed by atoms with E-state index in [9.17, 15) is 27.8 Å². The maximum absolute atomic E-state index is 13.2. The summed E-state index contributed by atoms with van der Waals surface area (Å²) in [5.41, 5.74) is -0.175. The Balaban J connectivity index is 1.95. The molecule has 0 aliphatic rings. The summed E-state index contributed by atoms with van der Waals surface area (Å²) in [6, 6.07) is 11.3. The van der Waals surface area contributed by atoms with Crippen LogP contribution in [0.2, 0.25) is 0 Å². The first kappa shape index (κ1) is 24.1. The Bertz CT molecular complexity index is 1290. The van der Waals surface area contributed by atoms with E-state index in [0.29, 0.717) is 22.6 Å². The van der Waals surface area contributed by atoms with Crippen molar-refractivity contribution in [2.75, 3.05) is 0 Å². The van der Waals surface area contributed by atoms with E-state index in [-0.39, 0.29) is 15.5 Å². The van der Waals surface area contributed by atoms with Gasteiger partial charge in [0.05, 0.1) is 4.90 Å². The smallest absolute Gasteiger partial charge is 0.347 e. The fourth-order valence-corrected chi connectivity index (χ4v) is 4.46. The standard InChI is InChI=1S/C24H23FO7S/c1-14-11-18(32-24(3,4)23(27)28)12-15(2)22(14)31-17-7-10-20(26)21(13-17)33(29,30)19-8-5-16(25)6-9-19/h5-13,26H,1-4H3,(H,27,28). The summed E-state index contributed by atoms with van der Waals surface area (Å²) < 4.78 is 50.5. The number of hydrogen-bond acceptors (Lipinski definition) is 6. The van der Waals surface area contributed by atoms with E-state index in [2.05, 4.69) is 0 Å². The average Bonchev–Trinajstić information content (AvgIpc) is 2.71. The number of phenols is 1. The normalized spacial score (nSPS) is 11.8. The highest BCUT2D eigenvalue weighted by atomic mass is 32.2. The van der Waals surface area contributed by atoms with Gasteiger partial charge >= 0.3 is 5.97 Å². The summed E-state index contributed by atoms with van der Waals surface area (Å²) in [6.45, 7) is 6.34. The molecular formula is C24H23FO7S. The minimum absolute atomic E-state index is 0.152. The van der Waals surface area contributed by atoms with Crippen LogP contribution < -0.4 is 9.47 Å². The Morgan fingerprint density at radius 3 is 2.06 bits per heavy atom. The highest BCUT2D eigenvalue weighted by Gasteiger charge is 2.30. The molecule has 2 N–H and O–H groups in total. The van der Waals surface area contributed by atoms with Crippen molar-refractivity contribution >= 4 is 15.8 Å². The van der Waals surface area contributed by atoms with Gasteiger partial charge in [-0.25, -0.2) is 17.6 Å². The molecule has 0 aliphatic carbocycles. The number of carbonyl (C=O) groups is 1. The van der Waals surface area contributed by atoms with Crippen molar-refractivity contribution in [1.82, 2.24) is 0 Å². The van der Waals surface area contributed by atoms with E-state index in [4.69, 9.17) is 9.47 Å². The molecule has 0 spiro atoms. The van der Waals surface area contributed by atoms with E-state index < -0.39 is 33.0 Å². The van der Waals surface area contributed by atoms with Crippen LogP contribution in [0, 0.1) is 19.7 Å². The van der Waals surface area contributed by atoms with E-state index >= 15 is 0 Å². The SMILES string of the molecule is Cc1cc(OC(C)(C)C(=O)O)cc(C)c1Oc1ccc(O)c(S(=O)(=O)c2ccc(F)cc2)c1. The number of halogens is 1. The third-order valence-electron chi connectivity index (χ3n) is 4.89. The highest BCUT2D eigenvalue weighted by molar-refractivity contribution is 7.91. The van der Waals surface area contributed by atoms with Crippen LogP contribution in [-0.2, 0) is 14.6 Å². The van der Waals surface area contributed by atoms with Gasteiger partial charge in [0.25, 0.3) is 0 Å². The van der Waals surface area contributed by atoms with Crippen molar-refractivity contribution in [1.29, 1.82) is 0 Å². The maximum atomic E-state index is 13.2. The third-order valence-corrected chi connectivity index (χ3v) is 6.69. The number of hydrogen-bond donors (Lipinski definition) is 2. The van der Waals surface area contributed by atoms with Gasteiger partial charge in [0, 0.05) is 6.07 Å². The minimum atomic E-state index is -4.13. The van der Waals surface area contributed by atoms with Crippen molar-refractivity contribution in [2.45, 2.75) is 43.1 Å². The summed E-state index contributed by atoms with van der Waals surface area (Å²) in [5, 5.41) is 19.4. The van der Waals surface area contributed by atoms with Crippen LogP contribution in [0.25, 0.3) is 0 Å². The number of carboxylic acid groups (broad SMARTS) is 1. The lowest BCUT2D eigenvalue weighted by Crippen LogP contribution is -2.37. The zero-order chi connectivity index (χ0) is 24.6. The lowest BCUT2D eigenvalue weighted by molar-refractivity contribution is -0.152. The largest absolute Gasteiger partial charge is 0.507 e. The van der Waals surface area contributed by atoms with Gasteiger partial charge in [-0.2, -0.15) is 0 Å². The molecular weight excluding hydrogens is 451 g/mol. The third kappa shape index (κ3) is 5.09. The number of phenolic OH excluding ortho intramolecular Hbond substituents is 1. The summed E-state index contributed by atoms with van der Waals surface area (Å²) in [7, 11) is -4.13. The van der Waals surface area contributed by atoms with Gasteiger partial charge in [0.15, 0.2) is 5.60 Å². The number of aliphatic carboxylic acids is 1. The van der Waals surface area contributed by atoms with E-state index in [1.54, 1.807) is 26.0 Å². The predicted molar refractivity (Wildman–Crippen MR) is 118 cm³/mol. The number of carboxylic acids is 1. The Labute approximate surface area is 191 Å². The van der Waals surface area contributed by atoms with Crippen LogP contribution in [0.3, 0.4) is 0 Å². The number of aryl methyl sites for hydroxylation is 2. The summed E-state index contributed by atoms with van der Waals surface area (Å²) in [4.78, 5) is 10.8. The molecule has 0 bridgehead atoms. The molecule has 7 nitrogen and oxygen atoms in total. The molecule has 0 saturated heterocycles. The number of rotatable bonds is 7. The Morgan fingerprint density at radius 1 is 0.939 bits per heavy atom. The molecule has 0 amide bonds. The van der Waals surface area contributed by atoms with Crippen molar-refractivity contribution in [3.8, 4) is 23.0 Å². The molecule has 174 valence electrons. The topological polar surface area (TPSA) is 110 Å². The molecule has 3 aromatic rings. The average molecular weight is 475 g/mol. The van der Waals surface area contributed by atoms with Crippen LogP contribution >= 0.6 is 0 Å². The Hall–Kier alpha value is -3.59. The monoisotopic (exact) mass is 474 g/mol. The maximum Gasteiger partial charge on any atom is 0.347 e. The first-order valence-corrected chi connectivity index (χ1v) is 11.3. The molecule has 0 aliphatic heterocycles. The Kier molecular flexibility index (Phi) is 6.37. The quantitative estimate of drug-likeness (QED) is 0.463. The molecule has 3 rings (SSSR count). The van der Waals surface area contributed by atoms with Gasteiger partial charge in [-0.3, -0.25) is 0 Å². The van der Waals surface area contributed by atoms with E-state index in [0.717, 1.165) is 24.3 Å². The molecule has 0 atom stereocenters. The van der Waals surface area contributed by atoms with Crippen LogP contribution in [0.15, 0.2) is 64.4 Å². The number of benzene rings is 3. The van der Waals surface area contributed by atoms with Gasteiger partial charge in [-0.05, 0) is 87.4 Å². The summed E-state index contributed by atoms with van der Waals surface area (Å²) in [5.74, 6) is -1.25. The van der Waals surface area contributed by atoms with Gasteiger partial charge < -0.3 is 19.7 Å². The summed E-state index contributed by atoms with van der Waals surface area (Å²) in [6.07, 6.45) is 0. The van der Waals surface area contributed by atoms with Gasteiger partial charge in [-0.15, -0.1) is 0 Å². The van der Waals surface area contributed by atoms with Crippen LogP contribution in [0.5, 0.6) is 23.0 Å². The first-order chi connectivity index (χ1) is 15.3. The molecule has 0 radical (unpaired) electrons. The van der Waals surface area contributed by atoms with E-state index in [1.165, 1.54) is 32.0 Å². The molecule has 9 heteroatoms. The van der Waals surface area contributed by atoms with Crippen molar-refractivity contribution in [3.05, 3.63) is 71.5 Å². The molecule has 33 heavy (non-hydrogen) atoms. The van der Waals surface area contributed by atoms with Crippen molar-refractivity contribution in [2.24, 2.45) is 0 Å². The lowest BCUT2D eigenvalue weighted by atomic mass is 10.1. The second kappa shape index (κ2) is 8.74. The van der Waals surface area contributed by atoms with Gasteiger partial charge in [0.2, 0.25) is 9.84 Å².